The molecule has 2 N–H and O–H groups in total. The average molecular weight is 244 g/mol. The Bertz CT molecular complexity index is 239. The van der Waals surface area contributed by atoms with Crippen molar-refractivity contribution in [3.8, 4) is 0 Å². The van der Waals surface area contributed by atoms with Crippen LogP contribution in [0.2, 0.25) is 0 Å². The molecule has 2 rings (SSSR count). The fourth-order valence-corrected chi connectivity index (χ4v) is 4.47. The van der Waals surface area contributed by atoms with Gasteiger partial charge >= 0.3 is 0 Å². The summed E-state index contributed by atoms with van der Waals surface area (Å²) in [6.07, 6.45) is 4.15. The normalized spacial score (nSPS) is 41.4. The molecule has 4 heteroatoms. The number of nitrogens with zero attached hydrogens (tertiary/aromatic N) is 1. The van der Waals surface area contributed by atoms with Crippen molar-refractivity contribution >= 4 is 11.8 Å². The van der Waals surface area contributed by atoms with E-state index in [4.69, 9.17) is 10.5 Å². The van der Waals surface area contributed by atoms with E-state index in [0.717, 1.165) is 26.1 Å². The van der Waals surface area contributed by atoms with Crippen molar-refractivity contribution in [2.24, 2.45) is 5.73 Å². The van der Waals surface area contributed by atoms with E-state index < -0.39 is 0 Å². The highest BCUT2D eigenvalue weighted by Crippen LogP contribution is 2.39. The lowest BCUT2D eigenvalue weighted by Gasteiger charge is -2.48. The van der Waals surface area contributed by atoms with Gasteiger partial charge in [-0.25, -0.2) is 0 Å². The second kappa shape index (κ2) is 5.25. The van der Waals surface area contributed by atoms with Crippen LogP contribution in [0.25, 0.3) is 0 Å². The standard InChI is InChI=1S/C12H24N2OS/c1-10-12(9-13,5-3-7-16-10)14-6-4-11(8-14)15-2/h10-11H,3-9,13H2,1-2H3. The van der Waals surface area contributed by atoms with Gasteiger partial charge < -0.3 is 10.5 Å². The maximum atomic E-state index is 6.10. The Morgan fingerprint density at radius 3 is 2.94 bits per heavy atom. The molecular weight excluding hydrogens is 220 g/mol. The minimum absolute atomic E-state index is 0.232. The Balaban J connectivity index is 2.08. The summed E-state index contributed by atoms with van der Waals surface area (Å²) in [7, 11) is 1.82. The second-order valence-electron chi connectivity index (χ2n) is 5.02. The third-order valence-corrected chi connectivity index (χ3v) is 5.80. The first-order valence-electron chi connectivity index (χ1n) is 6.32. The number of hydrogen-bond acceptors (Lipinski definition) is 4. The van der Waals surface area contributed by atoms with Crippen molar-refractivity contribution < 1.29 is 4.74 Å². The number of likely N-dealkylation sites (tertiary alicyclic amines) is 1. The van der Waals surface area contributed by atoms with Crippen LogP contribution in [-0.2, 0) is 4.74 Å². The predicted octanol–water partition coefficient (Wildman–Crippen LogP) is 1.32. The van der Waals surface area contributed by atoms with Gasteiger partial charge in [0.1, 0.15) is 0 Å². The monoisotopic (exact) mass is 244 g/mol. The first-order valence-corrected chi connectivity index (χ1v) is 7.37. The SMILES string of the molecule is COC1CCN(C2(CN)CCCSC2C)C1. The molecule has 2 saturated heterocycles. The summed E-state index contributed by atoms with van der Waals surface area (Å²) in [5, 5.41) is 0.654. The molecule has 0 aromatic rings. The molecule has 0 aromatic heterocycles. The van der Waals surface area contributed by atoms with Gasteiger partial charge in [0, 0.05) is 37.5 Å². The van der Waals surface area contributed by atoms with Crippen LogP contribution in [0, 0.1) is 0 Å². The predicted molar refractivity (Wildman–Crippen MR) is 69.9 cm³/mol. The maximum Gasteiger partial charge on any atom is 0.0710 e. The lowest BCUT2D eigenvalue weighted by atomic mass is 9.88. The third kappa shape index (κ3) is 2.13. The molecule has 0 amide bonds. The van der Waals surface area contributed by atoms with Crippen molar-refractivity contribution in [1.29, 1.82) is 0 Å². The smallest absolute Gasteiger partial charge is 0.0710 e. The van der Waals surface area contributed by atoms with Gasteiger partial charge in [0.2, 0.25) is 0 Å². The summed E-state index contributed by atoms with van der Waals surface area (Å²) >= 11 is 2.08. The summed E-state index contributed by atoms with van der Waals surface area (Å²) in [5.41, 5.74) is 6.33. The second-order valence-corrected chi connectivity index (χ2v) is 6.47. The molecule has 3 atom stereocenters. The number of thioether (sulfide) groups is 1. The quantitative estimate of drug-likeness (QED) is 0.812. The van der Waals surface area contributed by atoms with Crippen molar-refractivity contribution in [2.75, 3.05) is 32.5 Å². The summed E-state index contributed by atoms with van der Waals surface area (Å²) in [4.78, 5) is 2.60. The van der Waals surface area contributed by atoms with Crippen LogP contribution in [-0.4, -0.2) is 54.3 Å². The van der Waals surface area contributed by atoms with Crippen molar-refractivity contribution in [2.45, 2.75) is 43.1 Å². The molecule has 3 unspecified atom stereocenters. The number of rotatable bonds is 3. The van der Waals surface area contributed by atoms with Gasteiger partial charge in [-0.15, -0.1) is 0 Å². The van der Waals surface area contributed by atoms with Gasteiger partial charge in [0.25, 0.3) is 0 Å². The minimum Gasteiger partial charge on any atom is -0.380 e. The van der Waals surface area contributed by atoms with E-state index in [-0.39, 0.29) is 5.54 Å². The van der Waals surface area contributed by atoms with Crippen LogP contribution in [0.4, 0.5) is 0 Å². The molecule has 0 aliphatic carbocycles. The van der Waals surface area contributed by atoms with Gasteiger partial charge in [0.15, 0.2) is 0 Å². The molecule has 2 heterocycles. The molecule has 94 valence electrons. The average Bonchev–Trinajstić information content (AvgIpc) is 2.79. The number of hydrogen-bond donors (Lipinski definition) is 1. The molecular formula is C12H24N2OS. The zero-order chi connectivity index (χ0) is 11.6. The summed E-state index contributed by atoms with van der Waals surface area (Å²) in [6, 6.07) is 0. The Morgan fingerprint density at radius 1 is 1.56 bits per heavy atom. The summed E-state index contributed by atoms with van der Waals surface area (Å²) in [5.74, 6) is 1.30. The Hall–Kier alpha value is 0.230. The van der Waals surface area contributed by atoms with Gasteiger partial charge in [0.05, 0.1) is 6.10 Å². The lowest BCUT2D eigenvalue weighted by Crippen LogP contribution is -2.60. The fourth-order valence-electron chi connectivity index (χ4n) is 3.13. The van der Waals surface area contributed by atoms with Gasteiger partial charge in [-0.3, -0.25) is 4.90 Å². The Labute approximate surface area is 103 Å². The molecule has 16 heavy (non-hydrogen) atoms. The first kappa shape index (κ1) is 12.7. The van der Waals surface area contributed by atoms with Gasteiger partial charge in [-0.1, -0.05) is 6.92 Å². The molecule has 2 aliphatic heterocycles. The van der Waals surface area contributed by atoms with E-state index in [1.165, 1.54) is 18.6 Å². The highest BCUT2D eigenvalue weighted by Gasteiger charge is 2.45. The maximum absolute atomic E-state index is 6.10. The van der Waals surface area contributed by atoms with Crippen LogP contribution >= 0.6 is 11.8 Å². The van der Waals surface area contributed by atoms with Crippen LogP contribution in [0.15, 0.2) is 0 Å². The zero-order valence-corrected chi connectivity index (χ0v) is 11.3. The Kier molecular flexibility index (Phi) is 4.16. The van der Waals surface area contributed by atoms with Crippen molar-refractivity contribution in [3.63, 3.8) is 0 Å². The molecule has 2 aliphatic rings. The zero-order valence-electron chi connectivity index (χ0n) is 10.4. The van der Waals surface area contributed by atoms with Crippen molar-refractivity contribution in [1.82, 2.24) is 4.90 Å². The highest BCUT2D eigenvalue weighted by molar-refractivity contribution is 8.00. The van der Waals surface area contributed by atoms with Crippen LogP contribution in [0.1, 0.15) is 26.2 Å². The van der Waals surface area contributed by atoms with Crippen LogP contribution in [0.3, 0.4) is 0 Å². The molecule has 0 bridgehead atoms. The molecule has 0 spiro atoms. The molecule has 0 radical (unpaired) electrons. The van der Waals surface area contributed by atoms with E-state index in [1.54, 1.807) is 0 Å². The van der Waals surface area contributed by atoms with Crippen LogP contribution < -0.4 is 5.73 Å². The van der Waals surface area contributed by atoms with E-state index >= 15 is 0 Å². The van der Waals surface area contributed by atoms with E-state index in [9.17, 15) is 0 Å². The minimum atomic E-state index is 0.232. The first-order chi connectivity index (χ1) is 7.73. The largest absolute Gasteiger partial charge is 0.380 e. The highest BCUT2D eigenvalue weighted by atomic mass is 32.2. The number of methoxy groups -OCH3 is 1. The number of ether oxygens (including phenoxy) is 1. The third-order valence-electron chi connectivity index (χ3n) is 4.34. The fraction of sp³-hybridized carbons (Fsp3) is 1.00. The Morgan fingerprint density at radius 2 is 2.38 bits per heavy atom. The molecule has 3 nitrogen and oxygen atoms in total. The molecule has 0 aromatic carbocycles. The van der Waals surface area contributed by atoms with Crippen LogP contribution in [0.5, 0.6) is 0 Å². The van der Waals surface area contributed by atoms with Gasteiger partial charge in [-0.2, -0.15) is 11.8 Å². The molecule has 2 fully saturated rings. The number of nitrogens with two attached hydrogens (primary N) is 1. The topological polar surface area (TPSA) is 38.5 Å². The van der Waals surface area contributed by atoms with Crippen molar-refractivity contribution in [3.05, 3.63) is 0 Å². The van der Waals surface area contributed by atoms with E-state index in [2.05, 4.69) is 23.6 Å². The lowest BCUT2D eigenvalue weighted by molar-refractivity contribution is 0.0671. The van der Waals surface area contributed by atoms with Gasteiger partial charge in [-0.05, 0) is 25.0 Å². The summed E-state index contributed by atoms with van der Waals surface area (Å²) in [6.45, 7) is 5.35. The molecule has 0 saturated carbocycles. The van der Waals surface area contributed by atoms with E-state index in [1.807, 2.05) is 7.11 Å². The van der Waals surface area contributed by atoms with E-state index in [0.29, 0.717) is 11.4 Å². The summed E-state index contributed by atoms with van der Waals surface area (Å²) < 4.78 is 5.47.